The second-order valence-electron chi connectivity index (χ2n) is 8.46. The summed E-state index contributed by atoms with van der Waals surface area (Å²) in [4.78, 5) is 0. The van der Waals surface area contributed by atoms with Gasteiger partial charge in [0.15, 0.2) is 0 Å². The Hall–Kier alpha value is -2.60. The number of rotatable bonds is 7. The molecule has 4 rings (SSSR count). The molecule has 1 aliphatic rings. The molecule has 1 N–H and O–H groups in total. The van der Waals surface area contributed by atoms with Crippen molar-refractivity contribution in [3.63, 3.8) is 0 Å². The highest BCUT2D eigenvalue weighted by molar-refractivity contribution is 6.30. The SMILES string of the molecule is COC1c2cc(NCc3cccc(Cl)c3)ccc2OC(C)(C)C1OCc1cccc(F)c1. The van der Waals surface area contributed by atoms with Gasteiger partial charge in [-0.05, 0) is 67.4 Å². The number of hydrogen-bond donors (Lipinski definition) is 1. The van der Waals surface area contributed by atoms with Crippen molar-refractivity contribution in [2.24, 2.45) is 0 Å². The lowest BCUT2D eigenvalue weighted by atomic mass is 9.88. The van der Waals surface area contributed by atoms with E-state index >= 15 is 0 Å². The van der Waals surface area contributed by atoms with E-state index in [9.17, 15) is 4.39 Å². The van der Waals surface area contributed by atoms with E-state index in [-0.39, 0.29) is 24.6 Å². The topological polar surface area (TPSA) is 39.7 Å². The maximum Gasteiger partial charge on any atom is 0.132 e. The van der Waals surface area contributed by atoms with Crippen molar-refractivity contribution >= 4 is 17.3 Å². The Kier molecular flexibility index (Phi) is 6.70. The third-order valence-corrected chi connectivity index (χ3v) is 5.84. The van der Waals surface area contributed by atoms with Crippen molar-refractivity contribution in [1.29, 1.82) is 0 Å². The molecule has 0 spiro atoms. The maximum absolute atomic E-state index is 13.6. The highest BCUT2D eigenvalue weighted by Crippen LogP contribution is 2.44. The Morgan fingerprint density at radius 3 is 2.56 bits per heavy atom. The quantitative estimate of drug-likeness (QED) is 0.439. The van der Waals surface area contributed by atoms with E-state index < -0.39 is 5.60 Å². The summed E-state index contributed by atoms with van der Waals surface area (Å²) in [6, 6.07) is 20.1. The van der Waals surface area contributed by atoms with E-state index in [1.54, 1.807) is 13.2 Å². The van der Waals surface area contributed by atoms with Gasteiger partial charge >= 0.3 is 0 Å². The zero-order valence-corrected chi connectivity index (χ0v) is 19.2. The van der Waals surface area contributed by atoms with Crippen LogP contribution in [0, 0.1) is 5.82 Å². The summed E-state index contributed by atoms with van der Waals surface area (Å²) in [5.74, 6) is 0.482. The number of benzene rings is 3. The molecule has 0 radical (unpaired) electrons. The number of nitrogens with one attached hydrogen (secondary N) is 1. The first-order valence-corrected chi connectivity index (χ1v) is 10.9. The average molecular weight is 456 g/mol. The molecule has 0 aromatic heterocycles. The van der Waals surface area contributed by atoms with Gasteiger partial charge in [0.2, 0.25) is 0 Å². The number of halogens is 2. The molecule has 0 aliphatic carbocycles. The van der Waals surface area contributed by atoms with Crippen molar-refractivity contribution in [1.82, 2.24) is 0 Å². The first-order valence-electron chi connectivity index (χ1n) is 10.6. The second-order valence-corrected chi connectivity index (χ2v) is 8.90. The molecular formula is C26H27ClFNO3. The largest absolute Gasteiger partial charge is 0.485 e. The molecule has 2 atom stereocenters. The van der Waals surface area contributed by atoms with Crippen LogP contribution in [0.15, 0.2) is 66.7 Å². The molecule has 0 amide bonds. The van der Waals surface area contributed by atoms with Gasteiger partial charge in [-0.25, -0.2) is 4.39 Å². The van der Waals surface area contributed by atoms with Gasteiger partial charge in [-0.2, -0.15) is 0 Å². The molecular weight excluding hydrogens is 429 g/mol. The van der Waals surface area contributed by atoms with Gasteiger partial charge in [0.05, 0.1) is 6.61 Å². The van der Waals surface area contributed by atoms with Crippen molar-refractivity contribution in [2.75, 3.05) is 12.4 Å². The first-order chi connectivity index (χ1) is 15.4. The zero-order valence-electron chi connectivity index (χ0n) is 18.4. The van der Waals surface area contributed by atoms with E-state index in [0.29, 0.717) is 11.6 Å². The smallest absolute Gasteiger partial charge is 0.132 e. The van der Waals surface area contributed by atoms with Gasteiger partial charge in [0.25, 0.3) is 0 Å². The van der Waals surface area contributed by atoms with Crippen LogP contribution in [0.2, 0.25) is 5.02 Å². The lowest BCUT2D eigenvalue weighted by molar-refractivity contribution is -0.159. The van der Waals surface area contributed by atoms with E-state index in [4.69, 9.17) is 25.8 Å². The molecule has 0 saturated heterocycles. The lowest BCUT2D eigenvalue weighted by Gasteiger charge is -2.44. The molecule has 0 saturated carbocycles. The summed E-state index contributed by atoms with van der Waals surface area (Å²) in [5, 5.41) is 4.14. The van der Waals surface area contributed by atoms with Crippen LogP contribution in [0.4, 0.5) is 10.1 Å². The van der Waals surface area contributed by atoms with Crippen LogP contribution in [-0.2, 0) is 22.6 Å². The number of ether oxygens (including phenoxy) is 3. The van der Waals surface area contributed by atoms with Gasteiger partial charge in [-0.3, -0.25) is 0 Å². The summed E-state index contributed by atoms with van der Waals surface area (Å²) in [6.07, 6.45) is -0.721. The summed E-state index contributed by atoms with van der Waals surface area (Å²) in [6.45, 7) is 4.85. The molecule has 3 aromatic rings. The summed E-state index contributed by atoms with van der Waals surface area (Å²) >= 11 is 6.09. The molecule has 0 bridgehead atoms. The Morgan fingerprint density at radius 2 is 1.81 bits per heavy atom. The van der Waals surface area contributed by atoms with Crippen LogP contribution in [0.1, 0.15) is 36.6 Å². The first kappa shape index (κ1) is 22.6. The summed E-state index contributed by atoms with van der Waals surface area (Å²) in [5.41, 5.74) is 3.08. The number of methoxy groups -OCH3 is 1. The van der Waals surface area contributed by atoms with E-state index in [0.717, 1.165) is 28.1 Å². The van der Waals surface area contributed by atoms with Crippen molar-refractivity contribution in [3.05, 3.63) is 94.3 Å². The van der Waals surface area contributed by atoms with Crippen molar-refractivity contribution in [3.8, 4) is 5.75 Å². The minimum atomic E-state index is -0.628. The third kappa shape index (κ3) is 5.07. The number of anilines is 1. The fourth-order valence-corrected chi connectivity index (χ4v) is 4.26. The number of fused-ring (bicyclic) bond motifs is 1. The lowest BCUT2D eigenvalue weighted by Crippen LogP contribution is -2.50. The van der Waals surface area contributed by atoms with Gasteiger partial charge in [-0.1, -0.05) is 35.9 Å². The van der Waals surface area contributed by atoms with Crippen molar-refractivity contribution in [2.45, 2.75) is 44.8 Å². The maximum atomic E-state index is 13.6. The number of hydrogen-bond acceptors (Lipinski definition) is 4. The Morgan fingerprint density at radius 1 is 1.03 bits per heavy atom. The highest BCUT2D eigenvalue weighted by atomic mass is 35.5. The van der Waals surface area contributed by atoms with Gasteiger partial charge in [0, 0.05) is 29.9 Å². The van der Waals surface area contributed by atoms with Gasteiger partial charge in [0.1, 0.15) is 29.4 Å². The Balaban J connectivity index is 1.54. The van der Waals surface area contributed by atoms with Crippen molar-refractivity contribution < 1.29 is 18.6 Å². The van der Waals surface area contributed by atoms with E-state index in [1.165, 1.54) is 12.1 Å². The van der Waals surface area contributed by atoms with E-state index in [2.05, 4.69) is 5.32 Å². The zero-order chi connectivity index (χ0) is 22.7. The molecule has 1 aliphatic heterocycles. The normalized spacial score (nSPS) is 19.2. The molecule has 2 unspecified atom stereocenters. The van der Waals surface area contributed by atoms with Gasteiger partial charge < -0.3 is 19.5 Å². The minimum Gasteiger partial charge on any atom is -0.485 e. The van der Waals surface area contributed by atoms with Crippen LogP contribution >= 0.6 is 11.6 Å². The standard InChI is InChI=1S/C26H27ClFNO3/c1-26(2)25(31-16-18-7-5-9-20(28)13-18)24(30-3)22-14-21(10-11-23(22)32-26)29-15-17-6-4-8-19(27)12-17/h4-14,24-25,29H,15-16H2,1-3H3. The minimum absolute atomic E-state index is 0.261. The fraction of sp³-hybridized carbons (Fsp3) is 0.308. The Bertz CT molecular complexity index is 1090. The monoisotopic (exact) mass is 455 g/mol. The molecule has 4 nitrogen and oxygen atoms in total. The summed E-state index contributed by atoms with van der Waals surface area (Å²) in [7, 11) is 1.67. The summed E-state index contributed by atoms with van der Waals surface area (Å²) < 4.78 is 32.0. The molecule has 3 aromatic carbocycles. The highest BCUT2D eigenvalue weighted by Gasteiger charge is 2.45. The van der Waals surface area contributed by atoms with Crippen LogP contribution < -0.4 is 10.1 Å². The molecule has 1 heterocycles. The third-order valence-electron chi connectivity index (χ3n) is 5.61. The van der Waals surface area contributed by atoms with Crippen LogP contribution in [0.3, 0.4) is 0 Å². The molecule has 32 heavy (non-hydrogen) atoms. The second kappa shape index (κ2) is 9.49. The Labute approximate surface area is 193 Å². The molecule has 168 valence electrons. The van der Waals surface area contributed by atoms with Gasteiger partial charge in [-0.15, -0.1) is 0 Å². The predicted octanol–water partition coefficient (Wildman–Crippen LogP) is 6.54. The average Bonchev–Trinajstić information content (AvgIpc) is 2.75. The van der Waals surface area contributed by atoms with Crippen LogP contribution in [0.25, 0.3) is 0 Å². The van der Waals surface area contributed by atoms with Crippen LogP contribution in [0.5, 0.6) is 5.75 Å². The van der Waals surface area contributed by atoms with E-state index in [1.807, 2.05) is 62.4 Å². The molecule has 6 heteroatoms. The fourth-order valence-electron chi connectivity index (χ4n) is 4.05. The predicted molar refractivity (Wildman–Crippen MR) is 125 cm³/mol. The molecule has 0 fully saturated rings. The van der Waals surface area contributed by atoms with Crippen LogP contribution in [-0.4, -0.2) is 18.8 Å².